The van der Waals surface area contributed by atoms with E-state index in [4.69, 9.17) is 5.73 Å². The van der Waals surface area contributed by atoms with Crippen LogP contribution in [0.15, 0.2) is 16.6 Å². The van der Waals surface area contributed by atoms with Crippen molar-refractivity contribution in [2.75, 3.05) is 0 Å². The molecule has 1 saturated carbocycles. The molecule has 0 spiro atoms. The molecule has 2 N–H and O–H groups in total. The van der Waals surface area contributed by atoms with Crippen LogP contribution >= 0.6 is 15.9 Å². The summed E-state index contributed by atoms with van der Waals surface area (Å²) in [6, 6.07) is 2.67. The van der Waals surface area contributed by atoms with Crippen molar-refractivity contribution in [3.8, 4) is 0 Å². The lowest BCUT2D eigenvalue weighted by molar-refractivity contribution is 0.344. The van der Waals surface area contributed by atoms with Crippen molar-refractivity contribution < 1.29 is 8.78 Å². The number of benzene rings is 1. The summed E-state index contributed by atoms with van der Waals surface area (Å²) in [7, 11) is 0. The fourth-order valence-corrected chi connectivity index (χ4v) is 3.10. The van der Waals surface area contributed by atoms with Gasteiger partial charge in [-0.3, -0.25) is 0 Å². The Bertz CT molecular complexity index is 450. The van der Waals surface area contributed by atoms with Gasteiger partial charge in [0.05, 0.1) is 4.47 Å². The van der Waals surface area contributed by atoms with E-state index in [2.05, 4.69) is 22.9 Å². The highest BCUT2D eigenvalue weighted by Gasteiger charge is 2.35. The first-order chi connectivity index (χ1) is 8.44. The molecule has 2 atom stereocenters. The van der Waals surface area contributed by atoms with Crippen molar-refractivity contribution in [3.63, 3.8) is 0 Å². The Morgan fingerprint density at radius 3 is 2.72 bits per heavy atom. The normalized spacial score (nSPS) is 29.1. The lowest BCUT2D eigenvalue weighted by atomic mass is 9.83. The summed E-state index contributed by atoms with van der Waals surface area (Å²) in [5.74, 6) is -0.506. The fourth-order valence-electron chi connectivity index (χ4n) is 2.77. The van der Waals surface area contributed by atoms with Gasteiger partial charge in [-0.1, -0.05) is 19.8 Å². The van der Waals surface area contributed by atoms with Crippen LogP contribution in [0.2, 0.25) is 0 Å². The van der Waals surface area contributed by atoms with Gasteiger partial charge in [-0.05, 0) is 53.2 Å². The van der Waals surface area contributed by atoms with Crippen LogP contribution < -0.4 is 5.73 Å². The predicted octanol–water partition coefficient (Wildman–Crippen LogP) is 4.48. The van der Waals surface area contributed by atoms with Crippen molar-refractivity contribution in [2.45, 2.75) is 44.6 Å². The van der Waals surface area contributed by atoms with E-state index in [0.29, 0.717) is 18.8 Å². The third-order valence-corrected chi connectivity index (χ3v) is 4.56. The van der Waals surface area contributed by atoms with Gasteiger partial charge < -0.3 is 5.73 Å². The van der Waals surface area contributed by atoms with Crippen molar-refractivity contribution in [2.24, 2.45) is 11.7 Å². The van der Waals surface area contributed by atoms with E-state index in [0.717, 1.165) is 19.3 Å². The number of nitrogens with two attached hydrogens (primary N) is 1. The molecule has 1 fully saturated rings. The zero-order valence-corrected chi connectivity index (χ0v) is 12.1. The molecule has 0 radical (unpaired) electrons. The minimum absolute atomic E-state index is 0.0472. The van der Waals surface area contributed by atoms with Gasteiger partial charge in [-0.25, -0.2) is 8.78 Å². The third-order valence-electron chi connectivity index (χ3n) is 3.94. The number of rotatable bonds is 1. The smallest absolute Gasteiger partial charge is 0.145 e. The minimum atomic E-state index is -0.872. The summed E-state index contributed by atoms with van der Waals surface area (Å²) >= 11 is 3.11. The third kappa shape index (κ3) is 2.59. The van der Waals surface area contributed by atoms with Crippen molar-refractivity contribution in [1.29, 1.82) is 0 Å². The molecule has 0 heterocycles. The molecule has 2 unspecified atom stereocenters. The molecule has 1 nitrogen and oxygen atoms in total. The molecular formula is C14H18BrF2N. The second-order valence-electron chi connectivity index (χ2n) is 5.41. The van der Waals surface area contributed by atoms with Gasteiger partial charge in [0, 0.05) is 11.1 Å². The zero-order chi connectivity index (χ0) is 13.3. The molecule has 0 aliphatic heterocycles. The summed E-state index contributed by atoms with van der Waals surface area (Å²) in [6.07, 6.45) is 4.20. The molecule has 1 aromatic carbocycles. The van der Waals surface area contributed by atoms with E-state index in [1.54, 1.807) is 0 Å². The van der Waals surface area contributed by atoms with Crippen LogP contribution in [0.3, 0.4) is 0 Å². The Hall–Kier alpha value is -0.480. The fraction of sp³-hybridized carbons (Fsp3) is 0.571. The lowest BCUT2D eigenvalue weighted by Crippen LogP contribution is -2.38. The van der Waals surface area contributed by atoms with Crippen molar-refractivity contribution in [3.05, 3.63) is 33.8 Å². The topological polar surface area (TPSA) is 26.0 Å². The Morgan fingerprint density at radius 2 is 2.00 bits per heavy atom. The molecule has 2 rings (SSSR count). The van der Waals surface area contributed by atoms with Crippen LogP contribution in [-0.4, -0.2) is 0 Å². The molecule has 0 amide bonds. The minimum Gasteiger partial charge on any atom is -0.321 e. The Labute approximate surface area is 115 Å². The summed E-state index contributed by atoms with van der Waals surface area (Å²) in [6.45, 7) is 2.17. The molecule has 1 aliphatic carbocycles. The van der Waals surface area contributed by atoms with Crippen LogP contribution in [0.4, 0.5) is 8.78 Å². The maximum absolute atomic E-state index is 14.2. The van der Waals surface area contributed by atoms with Gasteiger partial charge in [0.15, 0.2) is 0 Å². The van der Waals surface area contributed by atoms with Gasteiger partial charge in [-0.2, -0.15) is 0 Å². The van der Waals surface area contributed by atoms with Gasteiger partial charge >= 0.3 is 0 Å². The Kier molecular flexibility index (Phi) is 4.07. The Morgan fingerprint density at radius 1 is 1.28 bits per heavy atom. The van der Waals surface area contributed by atoms with E-state index < -0.39 is 17.2 Å². The van der Waals surface area contributed by atoms with Gasteiger partial charge in [0.25, 0.3) is 0 Å². The quantitative estimate of drug-likeness (QED) is 0.599. The molecule has 4 heteroatoms. The monoisotopic (exact) mass is 317 g/mol. The van der Waals surface area contributed by atoms with Crippen LogP contribution in [0.5, 0.6) is 0 Å². The molecule has 18 heavy (non-hydrogen) atoms. The second kappa shape index (κ2) is 5.25. The molecule has 1 aromatic rings. The van der Waals surface area contributed by atoms with Crippen molar-refractivity contribution in [1.82, 2.24) is 0 Å². The van der Waals surface area contributed by atoms with E-state index in [9.17, 15) is 8.78 Å². The highest BCUT2D eigenvalue weighted by atomic mass is 79.9. The van der Waals surface area contributed by atoms with Crippen LogP contribution in [0, 0.1) is 17.6 Å². The first kappa shape index (κ1) is 13.9. The molecule has 0 saturated heterocycles. The van der Waals surface area contributed by atoms with Crippen LogP contribution in [0.25, 0.3) is 0 Å². The first-order valence-electron chi connectivity index (χ1n) is 6.37. The molecule has 100 valence electrons. The van der Waals surface area contributed by atoms with E-state index in [1.165, 1.54) is 12.1 Å². The zero-order valence-electron chi connectivity index (χ0n) is 10.5. The maximum atomic E-state index is 14.2. The van der Waals surface area contributed by atoms with Gasteiger partial charge in [0.2, 0.25) is 0 Å². The first-order valence-corrected chi connectivity index (χ1v) is 7.16. The highest BCUT2D eigenvalue weighted by molar-refractivity contribution is 9.10. The van der Waals surface area contributed by atoms with E-state index in [-0.39, 0.29) is 10.0 Å². The van der Waals surface area contributed by atoms with Crippen LogP contribution in [0.1, 0.15) is 44.6 Å². The number of hydrogen-bond acceptors (Lipinski definition) is 1. The van der Waals surface area contributed by atoms with Crippen molar-refractivity contribution >= 4 is 15.9 Å². The summed E-state index contributed by atoms with van der Waals surface area (Å²) in [5, 5.41) is 0. The van der Waals surface area contributed by atoms with Gasteiger partial charge in [0.1, 0.15) is 11.6 Å². The number of halogens is 3. The van der Waals surface area contributed by atoms with Gasteiger partial charge in [-0.15, -0.1) is 0 Å². The summed E-state index contributed by atoms with van der Waals surface area (Å²) in [5.41, 5.74) is 5.49. The Balaban J connectivity index is 2.43. The van der Waals surface area contributed by atoms with E-state index in [1.807, 2.05) is 0 Å². The van der Waals surface area contributed by atoms with E-state index >= 15 is 0 Å². The average molecular weight is 318 g/mol. The lowest BCUT2D eigenvalue weighted by Gasteiger charge is -2.29. The largest absolute Gasteiger partial charge is 0.321 e. The number of hydrogen-bond donors (Lipinski definition) is 1. The second-order valence-corrected chi connectivity index (χ2v) is 6.26. The standard InChI is InChI=1S/C14H18BrF2N/c1-9-3-2-7-14(18,8-6-9)12-11(16)5-4-10(15)13(12)17/h4-5,9H,2-3,6-8,18H2,1H3. The molecule has 1 aliphatic rings. The van der Waals surface area contributed by atoms with Crippen LogP contribution in [-0.2, 0) is 5.54 Å². The average Bonchev–Trinajstić information content (AvgIpc) is 2.48. The predicted molar refractivity (Wildman–Crippen MR) is 72.2 cm³/mol. The SMILES string of the molecule is CC1CCCC(N)(c2c(F)ccc(Br)c2F)CC1. The summed E-state index contributed by atoms with van der Waals surface area (Å²) in [4.78, 5) is 0. The molecule has 0 bridgehead atoms. The molecular weight excluding hydrogens is 300 g/mol. The maximum Gasteiger partial charge on any atom is 0.145 e. The highest BCUT2D eigenvalue weighted by Crippen LogP contribution is 2.39. The molecule has 0 aromatic heterocycles. The summed E-state index contributed by atoms with van der Waals surface area (Å²) < 4.78 is 28.4.